The van der Waals surface area contributed by atoms with E-state index in [-0.39, 0.29) is 17.4 Å². The number of rotatable bonds is 5. The van der Waals surface area contributed by atoms with Gasteiger partial charge in [0, 0.05) is 9.75 Å². The number of hydrazine groups is 1. The van der Waals surface area contributed by atoms with Crippen LogP contribution in [0.25, 0.3) is 0 Å². The summed E-state index contributed by atoms with van der Waals surface area (Å²) in [6, 6.07) is 3.79. The fourth-order valence-corrected chi connectivity index (χ4v) is 4.35. The number of hydrogen-bond donors (Lipinski definition) is 3. The van der Waals surface area contributed by atoms with Gasteiger partial charge in [-0.15, -0.1) is 22.7 Å². The molecule has 0 unspecified atom stereocenters. The molecule has 6 nitrogen and oxygen atoms in total. The van der Waals surface area contributed by atoms with Gasteiger partial charge in [-0.25, -0.2) is 4.79 Å². The fraction of sp³-hybridized carbons (Fsp3) is 0.312. The Labute approximate surface area is 159 Å². The number of nitrogens with one attached hydrogen (secondary N) is 3. The number of thiocarbonyl (C=S) groups is 1. The van der Waals surface area contributed by atoms with Crippen LogP contribution in [0.1, 0.15) is 32.6 Å². The number of methoxy groups -OCH3 is 1. The van der Waals surface area contributed by atoms with Gasteiger partial charge in [0.25, 0.3) is 0 Å². The lowest BCUT2D eigenvalue weighted by Crippen LogP contribution is -2.44. The predicted octanol–water partition coefficient (Wildman–Crippen LogP) is 3.03. The summed E-state index contributed by atoms with van der Waals surface area (Å²) in [6.07, 6.45) is 0.991. The van der Waals surface area contributed by atoms with Gasteiger partial charge in [0.1, 0.15) is 5.00 Å². The third-order valence-electron chi connectivity index (χ3n) is 3.41. The number of thiophene rings is 2. The Morgan fingerprint density at radius 3 is 2.68 bits per heavy atom. The minimum Gasteiger partial charge on any atom is -0.465 e. The van der Waals surface area contributed by atoms with Gasteiger partial charge < -0.3 is 10.1 Å². The maximum Gasteiger partial charge on any atom is 0.341 e. The molecule has 0 spiro atoms. The number of esters is 1. The van der Waals surface area contributed by atoms with Gasteiger partial charge >= 0.3 is 5.97 Å². The minimum atomic E-state index is -0.409. The van der Waals surface area contributed by atoms with Crippen LogP contribution in [0.15, 0.2) is 17.5 Å². The minimum absolute atomic E-state index is 0.198. The van der Waals surface area contributed by atoms with Gasteiger partial charge in [-0.3, -0.25) is 15.6 Å². The quantitative estimate of drug-likeness (QED) is 0.409. The Morgan fingerprint density at radius 1 is 1.32 bits per heavy atom. The van der Waals surface area contributed by atoms with Gasteiger partial charge in [-0.1, -0.05) is 13.0 Å². The lowest BCUT2D eigenvalue weighted by Gasteiger charge is -2.11. The zero-order chi connectivity index (χ0) is 18.4. The molecule has 0 radical (unpaired) electrons. The smallest absolute Gasteiger partial charge is 0.341 e. The molecule has 0 bridgehead atoms. The fourth-order valence-electron chi connectivity index (χ4n) is 2.29. The second-order valence-corrected chi connectivity index (χ2v) is 7.73. The van der Waals surface area contributed by atoms with E-state index in [1.807, 2.05) is 31.4 Å². The third-order valence-corrected chi connectivity index (χ3v) is 5.55. The maximum absolute atomic E-state index is 12.1. The second-order valence-electron chi connectivity index (χ2n) is 5.07. The Bertz CT molecular complexity index is 769. The highest BCUT2D eigenvalue weighted by molar-refractivity contribution is 7.80. The monoisotopic (exact) mass is 397 g/mol. The summed E-state index contributed by atoms with van der Waals surface area (Å²) < 4.78 is 4.87. The van der Waals surface area contributed by atoms with Crippen molar-refractivity contribution >= 4 is 56.9 Å². The summed E-state index contributed by atoms with van der Waals surface area (Å²) in [6.45, 7) is 3.92. The van der Waals surface area contributed by atoms with Crippen LogP contribution in [0.4, 0.5) is 5.00 Å². The van der Waals surface area contributed by atoms with Gasteiger partial charge in [-0.05, 0) is 42.6 Å². The van der Waals surface area contributed by atoms with Crippen molar-refractivity contribution in [1.82, 2.24) is 10.9 Å². The summed E-state index contributed by atoms with van der Waals surface area (Å²) in [4.78, 5) is 25.9. The Kier molecular flexibility index (Phi) is 6.91. The highest BCUT2D eigenvalue weighted by atomic mass is 32.1. The standard InChI is InChI=1S/C16H19N3O3S3/c1-4-11-9(2)25-14(13(11)15(21)22-3)17-16(23)19-18-12(20)8-10-6-5-7-24-10/h5-7H,4,8H2,1-3H3,(H,18,20)(H2,17,19,23). The molecule has 3 N–H and O–H groups in total. The molecule has 0 saturated heterocycles. The molecule has 0 aliphatic rings. The third kappa shape index (κ3) is 5.00. The summed E-state index contributed by atoms with van der Waals surface area (Å²) in [5, 5.41) is 5.68. The molecule has 1 amide bonds. The lowest BCUT2D eigenvalue weighted by atomic mass is 10.1. The molecule has 2 rings (SSSR count). The van der Waals surface area contributed by atoms with Gasteiger partial charge in [0.05, 0.1) is 19.1 Å². The number of aryl methyl sites for hydroxylation is 1. The second kappa shape index (κ2) is 8.93. The number of hydrogen-bond acceptors (Lipinski definition) is 6. The van der Waals surface area contributed by atoms with Crippen LogP contribution in [0.5, 0.6) is 0 Å². The van der Waals surface area contributed by atoms with Crippen LogP contribution in [-0.4, -0.2) is 24.1 Å². The predicted molar refractivity (Wildman–Crippen MR) is 105 cm³/mol. The topological polar surface area (TPSA) is 79.5 Å². The van der Waals surface area contributed by atoms with E-state index >= 15 is 0 Å². The summed E-state index contributed by atoms with van der Waals surface area (Å²) in [7, 11) is 1.35. The number of anilines is 1. The van der Waals surface area contributed by atoms with E-state index in [0.717, 1.165) is 15.3 Å². The average Bonchev–Trinajstić information content (AvgIpc) is 3.19. The summed E-state index contributed by atoms with van der Waals surface area (Å²) >= 11 is 8.13. The van der Waals surface area contributed by atoms with Gasteiger partial charge in [-0.2, -0.15) is 0 Å². The maximum atomic E-state index is 12.1. The molecule has 2 aromatic rings. The van der Waals surface area contributed by atoms with Crippen molar-refractivity contribution in [2.45, 2.75) is 26.7 Å². The molecule has 0 aromatic carbocycles. The number of carbonyl (C=O) groups excluding carboxylic acids is 2. The van der Waals surface area contributed by atoms with Crippen LogP contribution in [-0.2, 0) is 22.4 Å². The number of amides is 1. The zero-order valence-corrected chi connectivity index (χ0v) is 16.5. The van der Waals surface area contributed by atoms with Crippen molar-refractivity contribution in [3.63, 3.8) is 0 Å². The highest BCUT2D eigenvalue weighted by Crippen LogP contribution is 2.33. The van der Waals surface area contributed by atoms with E-state index in [2.05, 4.69) is 16.2 Å². The number of ether oxygens (including phenoxy) is 1. The van der Waals surface area contributed by atoms with Crippen LogP contribution in [0.3, 0.4) is 0 Å². The van der Waals surface area contributed by atoms with Crippen LogP contribution in [0, 0.1) is 6.92 Å². The summed E-state index contributed by atoms with van der Waals surface area (Å²) in [5.41, 5.74) is 6.62. The van der Waals surface area contributed by atoms with Crippen molar-refractivity contribution in [2.24, 2.45) is 0 Å². The lowest BCUT2D eigenvalue weighted by molar-refractivity contribution is -0.120. The largest absolute Gasteiger partial charge is 0.465 e. The molecule has 0 atom stereocenters. The zero-order valence-electron chi connectivity index (χ0n) is 14.1. The van der Waals surface area contributed by atoms with E-state index in [4.69, 9.17) is 17.0 Å². The first-order chi connectivity index (χ1) is 12.0. The molecule has 0 saturated carbocycles. The Balaban J connectivity index is 1.98. The van der Waals surface area contributed by atoms with E-state index in [0.29, 0.717) is 17.0 Å². The van der Waals surface area contributed by atoms with Gasteiger partial charge in [0.15, 0.2) is 5.11 Å². The van der Waals surface area contributed by atoms with Crippen molar-refractivity contribution in [3.05, 3.63) is 38.4 Å². The van der Waals surface area contributed by atoms with Crippen LogP contribution in [0.2, 0.25) is 0 Å². The van der Waals surface area contributed by atoms with E-state index in [9.17, 15) is 9.59 Å². The first kappa shape index (κ1) is 19.4. The Hall–Kier alpha value is -1.97. The number of carbonyl (C=O) groups is 2. The Morgan fingerprint density at radius 2 is 2.08 bits per heavy atom. The SMILES string of the molecule is CCc1c(C)sc(NC(=S)NNC(=O)Cc2cccs2)c1C(=O)OC. The first-order valence-corrected chi connectivity index (χ1v) is 9.65. The van der Waals surface area contributed by atoms with Crippen molar-refractivity contribution in [1.29, 1.82) is 0 Å². The summed E-state index contributed by atoms with van der Waals surface area (Å²) in [5.74, 6) is -0.607. The van der Waals surface area contributed by atoms with Crippen molar-refractivity contribution in [3.8, 4) is 0 Å². The molecule has 9 heteroatoms. The van der Waals surface area contributed by atoms with Crippen LogP contribution < -0.4 is 16.2 Å². The molecular weight excluding hydrogens is 378 g/mol. The molecule has 2 heterocycles. The van der Waals surface area contributed by atoms with Crippen molar-refractivity contribution < 1.29 is 14.3 Å². The molecule has 25 heavy (non-hydrogen) atoms. The molecule has 0 fully saturated rings. The van der Waals surface area contributed by atoms with Gasteiger partial charge in [0.2, 0.25) is 5.91 Å². The van der Waals surface area contributed by atoms with E-state index in [1.165, 1.54) is 29.8 Å². The van der Waals surface area contributed by atoms with E-state index < -0.39 is 5.97 Å². The van der Waals surface area contributed by atoms with E-state index in [1.54, 1.807) is 0 Å². The molecule has 0 aliphatic carbocycles. The molecule has 134 valence electrons. The highest BCUT2D eigenvalue weighted by Gasteiger charge is 2.22. The molecular formula is C16H19N3O3S3. The first-order valence-electron chi connectivity index (χ1n) is 7.55. The molecule has 0 aliphatic heterocycles. The van der Waals surface area contributed by atoms with Crippen LogP contribution >= 0.6 is 34.9 Å². The average molecular weight is 398 g/mol. The normalized spacial score (nSPS) is 10.2. The molecule has 2 aromatic heterocycles. The van der Waals surface area contributed by atoms with Crippen molar-refractivity contribution in [2.75, 3.05) is 12.4 Å².